The van der Waals surface area contributed by atoms with Gasteiger partial charge in [0.1, 0.15) is 15.7 Å². The highest BCUT2D eigenvalue weighted by Crippen LogP contribution is 2.30. The topological polar surface area (TPSA) is 95.6 Å². The molecule has 0 radical (unpaired) electrons. The van der Waals surface area contributed by atoms with Crippen molar-refractivity contribution in [2.75, 3.05) is 44.8 Å². The number of amides is 1. The van der Waals surface area contributed by atoms with E-state index >= 15 is 0 Å². The van der Waals surface area contributed by atoms with Gasteiger partial charge in [0.05, 0.1) is 24.5 Å². The van der Waals surface area contributed by atoms with Gasteiger partial charge in [-0.25, -0.2) is 13.4 Å². The molecule has 0 bridgehead atoms. The van der Waals surface area contributed by atoms with Crippen LogP contribution in [0.15, 0.2) is 12.4 Å². The van der Waals surface area contributed by atoms with Crippen LogP contribution in [0.3, 0.4) is 0 Å². The van der Waals surface area contributed by atoms with Crippen molar-refractivity contribution in [3.63, 3.8) is 0 Å². The lowest BCUT2D eigenvalue weighted by atomic mass is 9.89. The molecule has 2 aliphatic rings. The Bertz CT molecular complexity index is 681. The summed E-state index contributed by atoms with van der Waals surface area (Å²) in [6.07, 6.45) is 6.53. The molecular formula is C16H26N4O4S. The van der Waals surface area contributed by atoms with Gasteiger partial charge in [0.2, 0.25) is 5.91 Å². The van der Waals surface area contributed by atoms with Crippen LogP contribution in [0, 0.1) is 0 Å². The number of rotatable bonds is 5. The highest BCUT2D eigenvalue weighted by molar-refractivity contribution is 7.90. The third-order valence-electron chi connectivity index (χ3n) is 4.98. The fourth-order valence-corrected chi connectivity index (χ4v) is 4.05. The number of nitrogens with one attached hydrogen (secondary N) is 1. The average molecular weight is 370 g/mol. The first-order valence-corrected chi connectivity index (χ1v) is 10.7. The zero-order chi connectivity index (χ0) is 17.9. The Kier molecular flexibility index (Phi) is 5.45. The zero-order valence-corrected chi connectivity index (χ0v) is 15.4. The van der Waals surface area contributed by atoms with E-state index in [9.17, 15) is 13.2 Å². The predicted octanol–water partition coefficient (Wildman–Crippen LogP) is 0.0378. The summed E-state index contributed by atoms with van der Waals surface area (Å²) >= 11 is 0. The van der Waals surface area contributed by atoms with Crippen LogP contribution >= 0.6 is 0 Å². The van der Waals surface area contributed by atoms with Gasteiger partial charge in [0.25, 0.3) is 0 Å². The number of hydrogen-bond acceptors (Lipinski definition) is 6. The van der Waals surface area contributed by atoms with Crippen LogP contribution in [0.4, 0.5) is 0 Å². The minimum absolute atomic E-state index is 0.0551. The number of imidazole rings is 1. The molecule has 2 aliphatic heterocycles. The molecular weight excluding hydrogens is 344 g/mol. The summed E-state index contributed by atoms with van der Waals surface area (Å²) in [6.45, 7) is 4.20. The van der Waals surface area contributed by atoms with E-state index in [4.69, 9.17) is 4.74 Å². The minimum atomic E-state index is -3.12. The molecule has 0 atom stereocenters. The van der Waals surface area contributed by atoms with E-state index in [2.05, 4.69) is 14.9 Å². The summed E-state index contributed by atoms with van der Waals surface area (Å²) in [5.74, 6) is 0.775. The molecule has 1 aromatic heterocycles. The number of aromatic amines is 1. The maximum Gasteiger partial charge on any atom is 0.223 e. The standard InChI is InChI=1S/C16H26N4O4S/c1-25(22,23)11-2-15(21)20-9-10-24-16(13-20)3-7-19(8-4-16)12-14-17-5-6-18-14/h5-6H,2-4,7-13H2,1H3,(H,17,18). The van der Waals surface area contributed by atoms with Crippen LogP contribution in [0.1, 0.15) is 25.1 Å². The molecule has 2 saturated heterocycles. The predicted molar refractivity (Wildman–Crippen MR) is 92.7 cm³/mol. The molecule has 1 aromatic rings. The molecule has 1 N–H and O–H groups in total. The summed E-state index contributed by atoms with van der Waals surface area (Å²) in [5, 5.41) is 0. The number of H-pyrrole nitrogens is 1. The van der Waals surface area contributed by atoms with Gasteiger partial charge in [-0.1, -0.05) is 0 Å². The first-order valence-electron chi connectivity index (χ1n) is 8.65. The molecule has 3 rings (SSSR count). The van der Waals surface area contributed by atoms with Crippen molar-refractivity contribution in [2.24, 2.45) is 0 Å². The number of carbonyl (C=O) groups is 1. The Balaban J connectivity index is 1.52. The number of hydrogen-bond donors (Lipinski definition) is 1. The van der Waals surface area contributed by atoms with Crippen LogP contribution in [0.25, 0.3) is 0 Å². The van der Waals surface area contributed by atoms with Crippen molar-refractivity contribution in [3.8, 4) is 0 Å². The minimum Gasteiger partial charge on any atom is -0.371 e. The Morgan fingerprint density at radius 3 is 2.76 bits per heavy atom. The summed E-state index contributed by atoms with van der Waals surface area (Å²) in [6, 6.07) is 0. The average Bonchev–Trinajstić information content (AvgIpc) is 3.07. The Labute approximate surface area is 148 Å². The van der Waals surface area contributed by atoms with Crippen LogP contribution < -0.4 is 0 Å². The summed E-state index contributed by atoms with van der Waals surface area (Å²) < 4.78 is 28.6. The summed E-state index contributed by atoms with van der Waals surface area (Å²) in [5.41, 5.74) is -0.293. The molecule has 3 heterocycles. The lowest BCUT2D eigenvalue weighted by Crippen LogP contribution is -2.58. The van der Waals surface area contributed by atoms with Gasteiger partial charge in [-0.2, -0.15) is 0 Å². The number of likely N-dealkylation sites (tertiary alicyclic amines) is 1. The maximum absolute atomic E-state index is 12.3. The molecule has 0 unspecified atom stereocenters. The fourth-order valence-electron chi connectivity index (χ4n) is 3.51. The molecule has 1 amide bonds. The molecule has 0 aliphatic carbocycles. The van der Waals surface area contributed by atoms with Crippen LogP contribution in [-0.2, 0) is 25.9 Å². The third-order valence-corrected chi connectivity index (χ3v) is 5.93. The second kappa shape index (κ2) is 7.43. The second-order valence-electron chi connectivity index (χ2n) is 7.04. The number of ether oxygens (including phenoxy) is 1. The Morgan fingerprint density at radius 1 is 1.36 bits per heavy atom. The van der Waals surface area contributed by atoms with Gasteiger partial charge in [-0.15, -0.1) is 0 Å². The van der Waals surface area contributed by atoms with E-state index in [1.54, 1.807) is 11.1 Å². The first kappa shape index (κ1) is 18.3. The number of carbonyl (C=O) groups excluding carboxylic acids is 1. The maximum atomic E-state index is 12.3. The van der Waals surface area contributed by atoms with E-state index in [0.717, 1.165) is 44.6 Å². The number of nitrogens with zero attached hydrogens (tertiary/aromatic N) is 3. The van der Waals surface area contributed by atoms with Gasteiger partial charge < -0.3 is 14.6 Å². The van der Waals surface area contributed by atoms with E-state index in [1.807, 2.05) is 6.20 Å². The summed E-state index contributed by atoms with van der Waals surface area (Å²) in [4.78, 5) is 23.8. The number of sulfone groups is 1. The Hall–Kier alpha value is -1.45. The molecule has 1 spiro atoms. The molecule has 140 valence electrons. The highest BCUT2D eigenvalue weighted by atomic mass is 32.2. The fraction of sp³-hybridized carbons (Fsp3) is 0.750. The quantitative estimate of drug-likeness (QED) is 0.786. The first-order chi connectivity index (χ1) is 11.9. The molecule has 8 nitrogen and oxygen atoms in total. The monoisotopic (exact) mass is 370 g/mol. The third kappa shape index (κ3) is 5.02. The van der Waals surface area contributed by atoms with E-state index in [-0.39, 0.29) is 23.7 Å². The van der Waals surface area contributed by atoms with Gasteiger partial charge in [-0.3, -0.25) is 9.69 Å². The normalized spacial score (nSPS) is 21.6. The lowest BCUT2D eigenvalue weighted by Gasteiger charge is -2.47. The number of piperidine rings is 1. The van der Waals surface area contributed by atoms with Crippen molar-refractivity contribution >= 4 is 15.7 Å². The molecule has 25 heavy (non-hydrogen) atoms. The van der Waals surface area contributed by atoms with Crippen LogP contribution in [-0.4, -0.2) is 84.5 Å². The largest absolute Gasteiger partial charge is 0.371 e. The van der Waals surface area contributed by atoms with Crippen molar-refractivity contribution in [1.29, 1.82) is 0 Å². The van der Waals surface area contributed by atoms with Crippen LogP contribution in [0.2, 0.25) is 0 Å². The van der Waals surface area contributed by atoms with Gasteiger partial charge >= 0.3 is 0 Å². The van der Waals surface area contributed by atoms with Gasteiger partial charge in [-0.05, 0) is 12.8 Å². The SMILES string of the molecule is CS(=O)(=O)CCC(=O)N1CCOC2(CCN(Cc3ncc[nH]3)CC2)C1. The van der Waals surface area contributed by atoms with Gasteiger partial charge in [0, 0.05) is 51.2 Å². The van der Waals surface area contributed by atoms with E-state index < -0.39 is 9.84 Å². The van der Waals surface area contributed by atoms with Crippen LogP contribution in [0.5, 0.6) is 0 Å². The highest BCUT2D eigenvalue weighted by Gasteiger charge is 2.40. The molecule has 9 heteroatoms. The Morgan fingerprint density at radius 2 is 2.12 bits per heavy atom. The molecule has 2 fully saturated rings. The zero-order valence-electron chi connectivity index (χ0n) is 14.6. The molecule has 0 aromatic carbocycles. The van der Waals surface area contributed by atoms with Crippen molar-refractivity contribution < 1.29 is 17.9 Å². The second-order valence-corrected chi connectivity index (χ2v) is 9.30. The van der Waals surface area contributed by atoms with Crippen molar-refractivity contribution in [3.05, 3.63) is 18.2 Å². The number of morpholine rings is 1. The smallest absolute Gasteiger partial charge is 0.223 e. The number of aromatic nitrogens is 2. The van der Waals surface area contributed by atoms with Crippen molar-refractivity contribution in [1.82, 2.24) is 19.8 Å². The van der Waals surface area contributed by atoms with E-state index in [0.29, 0.717) is 19.7 Å². The lowest BCUT2D eigenvalue weighted by molar-refractivity contribution is -0.159. The van der Waals surface area contributed by atoms with Gasteiger partial charge in [0.15, 0.2) is 0 Å². The summed E-state index contributed by atoms with van der Waals surface area (Å²) in [7, 11) is -3.12. The molecule has 0 saturated carbocycles. The van der Waals surface area contributed by atoms with E-state index in [1.165, 1.54) is 0 Å². The van der Waals surface area contributed by atoms with Crippen molar-refractivity contribution in [2.45, 2.75) is 31.4 Å².